The Balaban J connectivity index is 1.05. The van der Waals surface area contributed by atoms with E-state index in [1.807, 2.05) is 92.0 Å². The third-order valence-electron chi connectivity index (χ3n) is 8.27. The van der Waals surface area contributed by atoms with Gasteiger partial charge in [0.15, 0.2) is 0 Å². The summed E-state index contributed by atoms with van der Waals surface area (Å²) in [6.07, 6.45) is 7.71. The van der Waals surface area contributed by atoms with Gasteiger partial charge in [-0.1, -0.05) is 62.7 Å². The monoisotopic (exact) mass is 638 g/mol. The Bertz CT molecular complexity index is 2080. The summed E-state index contributed by atoms with van der Waals surface area (Å²) in [4.78, 5) is 26.9. The molecule has 0 saturated heterocycles. The Morgan fingerprint density at radius 1 is 0.875 bits per heavy atom. The molecule has 242 valence electrons. The zero-order valence-electron chi connectivity index (χ0n) is 27.5. The second-order valence-electron chi connectivity index (χ2n) is 13.2. The number of carbonyl (C=O) groups is 1. The zero-order chi connectivity index (χ0) is 33.3. The Morgan fingerprint density at radius 2 is 1.67 bits per heavy atom. The quantitative estimate of drug-likeness (QED) is 0.145. The van der Waals surface area contributed by atoms with E-state index in [-0.39, 0.29) is 11.4 Å². The molecule has 0 atom stereocenters. The van der Waals surface area contributed by atoms with Gasteiger partial charge in [-0.05, 0) is 61.7 Å². The number of rotatable bonds is 9. The SMILES string of the molecule is Cc1ccc(-n2nc(C(C)(C)C)cc2NC(=O)Nc2ccc(OCc3ccnc(Nc4cnc(C5CC5)cn4)c3)c3ccccc23)cc1. The summed E-state index contributed by atoms with van der Waals surface area (Å²) in [6, 6.07) is 25.0. The number of amides is 2. The van der Waals surface area contributed by atoms with Crippen LogP contribution in [0.1, 0.15) is 62.0 Å². The van der Waals surface area contributed by atoms with Crippen molar-refractivity contribution in [2.75, 3.05) is 16.0 Å². The van der Waals surface area contributed by atoms with Crippen LogP contribution in [0.3, 0.4) is 0 Å². The van der Waals surface area contributed by atoms with E-state index in [1.165, 1.54) is 12.8 Å². The fourth-order valence-corrected chi connectivity index (χ4v) is 5.41. The molecule has 0 radical (unpaired) electrons. The van der Waals surface area contributed by atoms with Crippen molar-refractivity contribution in [3.63, 3.8) is 0 Å². The molecule has 3 N–H and O–H groups in total. The Kier molecular flexibility index (Phi) is 8.22. The van der Waals surface area contributed by atoms with Crippen molar-refractivity contribution in [2.24, 2.45) is 0 Å². The molecular formula is C38H38N8O2. The van der Waals surface area contributed by atoms with Crippen molar-refractivity contribution in [3.8, 4) is 11.4 Å². The van der Waals surface area contributed by atoms with Gasteiger partial charge in [0.25, 0.3) is 0 Å². The molecule has 2 amide bonds. The average Bonchev–Trinajstić information content (AvgIpc) is 3.84. The molecule has 6 aromatic rings. The Hall–Kier alpha value is -5.77. The molecule has 10 heteroatoms. The zero-order valence-corrected chi connectivity index (χ0v) is 27.5. The van der Waals surface area contributed by atoms with E-state index in [0.29, 0.717) is 41.4 Å². The van der Waals surface area contributed by atoms with Crippen LogP contribution in [0.25, 0.3) is 16.5 Å². The number of anilines is 4. The normalized spacial score (nSPS) is 12.9. The number of nitrogens with one attached hydrogen (secondary N) is 3. The van der Waals surface area contributed by atoms with Gasteiger partial charge in [-0.3, -0.25) is 10.3 Å². The number of ether oxygens (including phenoxy) is 1. The summed E-state index contributed by atoms with van der Waals surface area (Å²) in [5.41, 5.74) is 5.35. The van der Waals surface area contributed by atoms with E-state index < -0.39 is 0 Å². The van der Waals surface area contributed by atoms with Crippen molar-refractivity contribution in [1.29, 1.82) is 0 Å². The largest absolute Gasteiger partial charge is 0.488 e. The number of aromatic nitrogens is 5. The maximum atomic E-state index is 13.4. The number of hydrogen-bond donors (Lipinski definition) is 3. The number of pyridine rings is 1. The second-order valence-corrected chi connectivity index (χ2v) is 13.2. The second kappa shape index (κ2) is 12.8. The molecule has 1 fully saturated rings. The van der Waals surface area contributed by atoms with Gasteiger partial charge in [-0.15, -0.1) is 0 Å². The van der Waals surface area contributed by atoms with Gasteiger partial charge in [0.1, 0.15) is 29.8 Å². The van der Waals surface area contributed by atoms with Crippen molar-refractivity contribution in [1.82, 2.24) is 24.7 Å². The standard InChI is InChI=1S/C38H38N8O2/c1-24-9-13-27(14-10-24)46-36(20-33(45-46)38(2,3)4)44-37(47)42-30-15-16-32(29-8-6-5-7-28(29)30)48-23-25-17-18-39-34(19-25)43-35-22-40-31(21-41-35)26-11-12-26/h5-10,13-22,26H,11-12,23H2,1-4H3,(H,39,41,43)(H2,42,44,47). The molecule has 1 aliphatic carbocycles. The van der Waals surface area contributed by atoms with E-state index in [9.17, 15) is 4.79 Å². The number of aryl methyl sites for hydroxylation is 1. The molecule has 7 rings (SSSR count). The fourth-order valence-electron chi connectivity index (χ4n) is 5.41. The Labute approximate surface area is 279 Å². The highest BCUT2D eigenvalue weighted by atomic mass is 16.5. The van der Waals surface area contributed by atoms with Gasteiger partial charge in [0.2, 0.25) is 0 Å². The van der Waals surface area contributed by atoms with Crippen LogP contribution in [-0.4, -0.2) is 30.8 Å². The third kappa shape index (κ3) is 6.97. The number of fused-ring (bicyclic) bond motifs is 1. The number of urea groups is 1. The molecule has 3 heterocycles. The average molecular weight is 639 g/mol. The maximum absolute atomic E-state index is 13.4. The van der Waals surface area contributed by atoms with E-state index in [0.717, 1.165) is 39.0 Å². The van der Waals surface area contributed by atoms with E-state index >= 15 is 0 Å². The topological polar surface area (TPSA) is 119 Å². The highest BCUT2D eigenvalue weighted by Crippen LogP contribution is 2.38. The molecule has 48 heavy (non-hydrogen) atoms. The molecule has 1 saturated carbocycles. The van der Waals surface area contributed by atoms with E-state index in [2.05, 4.69) is 51.7 Å². The van der Waals surface area contributed by atoms with Crippen molar-refractivity contribution in [2.45, 2.75) is 58.5 Å². The predicted molar refractivity (Wildman–Crippen MR) is 189 cm³/mol. The van der Waals surface area contributed by atoms with Crippen LogP contribution in [0.15, 0.2) is 97.5 Å². The molecular weight excluding hydrogens is 600 g/mol. The first-order valence-electron chi connectivity index (χ1n) is 16.1. The molecule has 0 bridgehead atoms. The fraction of sp³-hybridized carbons (Fsp3) is 0.237. The van der Waals surface area contributed by atoms with Crippen molar-refractivity contribution < 1.29 is 9.53 Å². The lowest BCUT2D eigenvalue weighted by molar-refractivity contribution is 0.262. The maximum Gasteiger partial charge on any atom is 0.324 e. The number of hydrogen-bond acceptors (Lipinski definition) is 7. The first-order valence-corrected chi connectivity index (χ1v) is 16.1. The number of nitrogens with zero attached hydrogens (tertiary/aromatic N) is 5. The van der Waals surface area contributed by atoms with Crippen molar-refractivity contribution >= 4 is 39.9 Å². The predicted octanol–water partition coefficient (Wildman–Crippen LogP) is 8.66. The summed E-state index contributed by atoms with van der Waals surface area (Å²) in [5.74, 6) is 3.16. The lowest BCUT2D eigenvalue weighted by atomic mass is 9.92. The van der Waals surface area contributed by atoms with Crippen LogP contribution >= 0.6 is 0 Å². The van der Waals surface area contributed by atoms with Crippen LogP contribution in [0.5, 0.6) is 5.75 Å². The van der Waals surface area contributed by atoms with Crippen LogP contribution in [0.2, 0.25) is 0 Å². The minimum atomic E-state index is -0.369. The number of carbonyl (C=O) groups excluding carboxylic acids is 1. The molecule has 1 aliphatic rings. The third-order valence-corrected chi connectivity index (χ3v) is 8.27. The van der Waals surface area contributed by atoms with Gasteiger partial charge < -0.3 is 15.4 Å². The summed E-state index contributed by atoms with van der Waals surface area (Å²) < 4.78 is 8.07. The Morgan fingerprint density at radius 3 is 2.40 bits per heavy atom. The van der Waals surface area contributed by atoms with Crippen molar-refractivity contribution in [3.05, 3.63) is 120 Å². The van der Waals surface area contributed by atoms with Crippen LogP contribution in [0, 0.1) is 6.92 Å². The summed E-state index contributed by atoms with van der Waals surface area (Å²) in [7, 11) is 0. The molecule has 10 nitrogen and oxygen atoms in total. The smallest absolute Gasteiger partial charge is 0.324 e. The molecule has 0 unspecified atom stereocenters. The molecule has 3 aromatic heterocycles. The van der Waals surface area contributed by atoms with Crippen LogP contribution in [0.4, 0.5) is 27.9 Å². The first-order chi connectivity index (χ1) is 23.2. The van der Waals surface area contributed by atoms with E-state index in [4.69, 9.17) is 9.84 Å². The summed E-state index contributed by atoms with van der Waals surface area (Å²) >= 11 is 0. The van der Waals surface area contributed by atoms with Crippen LogP contribution < -0.4 is 20.7 Å². The van der Waals surface area contributed by atoms with Gasteiger partial charge in [-0.25, -0.2) is 19.4 Å². The first kappa shape index (κ1) is 30.9. The highest BCUT2D eigenvalue weighted by molar-refractivity contribution is 6.07. The minimum Gasteiger partial charge on any atom is -0.488 e. The van der Waals surface area contributed by atoms with Gasteiger partial charge in [-0.2, -0.15) is 5.10 Å². The van der Waals surface area contributed by atoms with Crippen LogP contribution in [-0.2, 0) is 12.0 Å². The van der Waals surface area contributed by atoms with Gasteiger partial charge in [0.05, 0.1) is 35.2 Å². The highest BCUT2D eigenvalue weighted by Gasteiger charge is 2.25. The summed E-state index contributed by atoms with van der Waals surface area (Å²) in [6.45, 7) is 8.67. The number of benzene rings is 3. The summed E-state index contributed by atoms with van der Waals surface area (Å²) in [5, 5.41) is 15.9. The molecule has 0 spiro atoms. The molecule has 3 aromatic carbocycles. The van der Waals surface area contributed by atoms with Gasteiger partial charge in [0, 0.05) is 34.4 Å². The van der Waals surface area contributed by atoms with Gasteiger partial charge >= 0.3 is 6.03 Å². The lowest BCUT2D eigenvalue weighted by Crippen LogP contribution is -2.21. The lowest BCUT2D eigenvalue weighted by Gasteiger charge is -2.15. The minimum absolute atomic E-state index is 0.195. The molecule has 0 aliphatic heterocycles. The van der Waals surface area contributed by atoms with E-state index in [1.54, 1.807) is 17.1 Å².